The van der Waals surface area contributed by atoms with Crippen LogP contribution < -0.4 is 5.73 Å². The van der Waals surface area contributed by atoms with Crippen LogP contribution in [0.25, 0.3) is 22.0 Å². The van der Waals surface area contributed by atoms with Gasteiger partial charge in [-0.05, 0) is 53.6 Å². The Kier molecular flexibility index (Phi) is 5.16. The molecule has 2 aromatic carbocycles. The molecule has 3 rings (SSSR count). The van der Waals surface area contributed by atoms with Crippen LogP contribution in [0.5, 0.6) is 0 Å². The fraction of sp³-hybridized carbons (Fsp3) is 0.318. The molecule has 0 spiro atoms. The highest BCUT2D eigenvalue weighted by atomic mass is 16.3. The quantitative estimate of drug-likeness (QED) is 0.729. The van der Waals surface area contributed by atoms with E-state index < -0.39 is 0 Å². The van der Waals surface area contributed by atoms with Gasteiger partial charge in [0, 0.05) is 17.6 Å². The molecular weight excluding hydrogens is 308 g/mol. The van der Waals surface area contributed by atoms with Gasteiger partial charge in [-0.25, -0.2) is 0 Å². The van der Waals surface area contributed by atoms with Gasteiger partial charge in [0.2, 0.25) is 0 Å². The summed E-state index contributed by atoms with van der Waals surface area (Å²) in [7, 11) is 0. The monoisotopic (exact) mass is 334 g/mol. The molecule has 25 heavy (non-hydrogen) atoms. The first-order chi connectivity index (χ1) is 12.0. The van der Waals surface area contributed by atoms with Crippen molar-refractivity contribution >= 4 is 10.9 Å². The molecule has 1 aromatic heterocycles. The zero-order chi connectivity index (χ0) is 18.0. The van der Waals surface area contributed by atoms with Crippen molar-refractivity contribution in [3.05, 3.63) is 64.8 Å². The van der Waals surface area contributed by atoms with E-state index in [1.807, 2.05) is 18.2 Å². The number of pyridine rings is 1. The molecule has 0 atom stereocenters. The Bertz CT molecular complexity index is 883. The Hall–Kier alpha value is -2.23. The second-order valence-electron chi connectivity index (χ2n) is 7.09. The Morgan fingerprint density at radius 2 is 1.80 bits per heavy atom. The minimum absolute atomic E-state index is 0.0228. The van der Waals surface area contributed by atoms with Crippen molar-refractivity contribution < 1.29 is 5.11 Å². The number of rotatable bonds is 5. The predicted octanol–water partition coefficient (Wildman–Crippen LogP) is 4.36. The second kappa shape index (κ2) is 7.34. The number of aliphatic hydroxyl groups is 1. The summed E-state index contributed by atoms with van der Waals surface area (Å²) in [5.41, 5.74) is 13.7. The summed E-state index contributed by atoms with van der Waals surface area (Å²) in [6, 6.07) is 14.5. The van der Waals surface area contributed by atoms with Crippen molar-refractivity contribution in [3.8, 4) is 11.1 Å². The Balaban J connectivity index is 2.36. The molecular formula is C22H26N2O. The molecule has 0 fully saturated rings. The molecule has 0 bridgehead atoms. The molecule has 0 aliphatic carbocycles. The maximum Gasteiger partial charge on any atom is 0.0712 e. The van der Waals surface area contributed by atoms with E-state index in [9.17, 15) is 5.11 Å². The zero-order valence-electron chi connectivity index (χ0n) is 15.2. The molecule has 0 aliphatic heterocycles. The summed E-state index contributed by atoms with van der Waals surface area (Å²) in [5.74, 6) is 0.512. The van der Waals surface area contributed by atoms with Crippen LogP contribution in [-0.2, 0) is 19.6 Å². The fourth-order valence-corrected chi connectivity index (χ4v) is 3.32. The lowest BCUT2D eigenvalue weighted by molar-refractivity contribution is 0.282. The minimum atomic E-state index is 0.0228. The van der Waals surface area contributed by atoms with Crippen LogP contribution in [0.1, 0.15) is 36.2 Å². The van der Waals surface area contributed by atoms with Crippen LogP contribution in [0.3, 0.4) is 0 Å². The van der Waals surface area contributed by atoms with Crippen molar-refractivity contribution in [2.75, 3.05) is 0 Å². The van der Waals surface area contributed by atoms with Crippen molar-refractivity contribution in [1.29, 1.82) is 0 Å². The lowest BCUT2D eigenvalue weighted by Crippen LogP contribution is -2.10. The summed E-state index contributed by atoms with van der Waals surface area (Å²) < 4.78 is 0. The SMILES string of the molecule is Cc1ccc(-c2c(CN)c(CC(C)C)nc3ccc(CO)cc23)cc1. The minimum Gasteiger partial charge on any atom is -0.392 e. The molecule has 0 aliphatic rings. The van der Waals surface area contributed by atoms with Gasteiger partial charge in [-0.2, -0.15) is 0 Å². The second-order valence-corrected chi connectivity index (χ2v) is 7.09. The molecule has 0 radical (unpaired) electrons. The van der Waals surface area contributed by atoms with Gasteiger partial charge in [0.1, 0.15) is 0 Å². The molecule has 0 unspecified atom stereocenters. The molecule has 1 heterocycles. The van der Waals surface area contributed by atoms with Crippen LogP contribution in [0.4, 0.5) is 0 Å². The number of aryl methyl sites for hydroxylation is 1. The molecule has 0 amide bonds. The van der Waals surface area contributed by atoms with Gasteiger partial charge >= 0.3 is 0 Å². The molecule has 3 N–H and O–H groups in total. The van der Waals surface area contributed by atoms with Crippen molar-refractivity contribution in [2.24, 2.45) is 11.7 Å². The molecule has 3 nitrogen and oxygen atoms in total. The maximum atomic E-state index is 9.55. The van der Waals surface area contributed by atoms with Gasteiger partial charge in [-0.15, -0.1) is 0 Å². The van der Waals surface area contributed by atoms with E-state index in [2.05, 4.69) is 45.0 Å². The van der Waals surface area contributed by atoms with Gasteiger partial charge in [-0.3, -0.25) is 4.98 Å². The molecule has 130 valence electrons. The van der Waals surface area contributed by atoms with Crippen molar-refractivity contribution in [1.82, 2.24) is 4.98 Å². The van der Waals surface area contributed by atoms with Gasteiger partial charge < -0.3 is 10.8 Å². The standard InChI is InChI=1S/C22H26N2O/c1-14(2)10-21-19(12-23)22(17-7-4-15(3)5-8-17)18-11-16(13-25)6-9-20(18)24-21/h4-9,11,14,25H,10,12-13,23H2,1-3H3. The number of hydrogen-bond acceptors (Lipinski definition) is 3. The lowest BCUT2D eigenvalue weighted by atomic mass is 9.90. The Morgan fingerprint density at radius 3 is 2.40 bits per heavy atom. The number of fused-ring (bicyclic) bond motifs is 1. The van der Waals surface area contributed by atoms with E-state index in [1.165, 1.54) is 5.56 Å². The molecule has 3 aromatic rings. The maximum absolute atomic E-state index is 9.55. The van der Waals surface area contributed by atoms with E-state index in [4.69, 9.17) is 10.7 Å². The van der Waals surface area contributed by atoms with Crippen molar-refractivity contribution in [2.45, 2.75) is 40.3 Å². The lowest BCUT2D eigenvalue weighted by Gasteiger charge is -2.18. The molecule has 3 heteroatoms. The number of aromatic nitrogens is 1. The predicted molar refractivity (Wildman–Crippen MR) is 104 cm³/mol. The average Bonchev–Trinajstić information content (AvgIpc) is 2.60. The number of nitrogens with zero attached hydrogens (tertiary/aromatic N) is 1. The summed E-state index contributed by atoms with van der Waals surface area (Å²) in [6.07, 6.45) is 0.906. The highest BCUT2D eigenvalue weighted by Crippen LogP contribution is 2.34. The van der Waals surface area contributed by atoms with E-state index in [0.29, 0.717) is 12.5 Å². The summed E-state index contributed by atoms with van der Waals surface area (Å²) in [4.78, 5) is 4.90. The average molecular weight is 334 g/mol. The van der Waals surface area contributed by atoms with Gasteiger partial charge in [0.25, 0.3) is 0 Å². The van der Waals surface area contributed by atoms with Crippen LogP contribution in [0.2, 0.25) is 0 Å². The third-order valence-electron chi connectivity index (χ3n) is 4.56. The smallest absolute Gasteiger partial charge is 0.0712 e. The largest absolute Gasteiger partial charge is 0.392 e. The fourth-order valence-electron chi connectivity index (χ4n) is 3.32. The number of nitrogens with two attached hydrogens (primary N) is 1. The number of hydrogen-bond donors (Lipinski definition) is 2. The summed E-state index contributed by atoms with van der Waals surface area (Å²) >= 11 is 0. The third-order valence-corrected chi connectivity index (χ3v) is 4.56. The topological polar surface area (TPSA) is 59.1 Å². The molecule has 0 saturated carbocycles. The normalized spacial score (nSPS) is 11.4. The zero-order valence-corrected chi connectivity index (χ0v) is 15.2. The summed E-state index contributed by atoms with van der Waals surface area (Å²) in [6.45, 7) is 6.97. The van der Waals surface area contributed by atoms with E-state index in [0.717, 1.165) is 45.3 Å². The van der Waals surface area contributed by atoms with Gasteiger partial charge in [0.15, 0.2) is 0 Å². The summed E-state index contributed by atoms with van der Waals surface area (Å²) in [5, 5.41) is 10.6. The number of benzene rings is 2. The van der Waals surface area contributed by atoms with Crippen LogP contribution in [0, 0.1) is 12.8 Å². The Morgan fingerprint density at radius 1 is 1.08 bits per heavy atom. The highest BCUT2D eigenvalue weighted by Gasteiger charge is 2.17. The van der Waals surface area contributed by atoms with E-state index in [-0.39, 0.29) is 6.61 Å². The Labute approximate surface area is 149 Å². The van der Waals surface area contributed by atoms with Crippen LogP contribution >= 0.6 is 0 Å². The number of aliphatic hydroxyl groups excluding tert-OH is 1. The van der Waals surface area contributed by atoms with Gasteiger partial charge in [-0.1, -0.05) is 49.7 Å². The first-order valence-corrected chi connectivity index (χ1v) is 8.85. The first kappa shape index (κ1) is 17.6. The highest BCUT2D eigenvalue weighted by molar-refractivity contribution is 5.97. The van der Waals surface area contributed by atoms with Gasteiger partial charge in [0.05, 0.1) is 12.1 Å². The first-order valence-electron chi connectivity index (χ1n) is 8.85. The van der Waals surface area contributed by atoms with Crippen LogP contribution in [0.15, 0.2) is 42.5 Å². The molecule has 0 saturated heterocycles. The third kappa shape index (κ3) is 3.58. The van der Waals surface area contributed by atoms with Crippen LogP contribution in [-0.4, -0.2) is 10.1 Å². The van der Waals surface area contributed by atoms with E-state index >= 15 is 0 Å². The van der Waals surface area contributed by atoms with Crippen molar-refractivity contribution in [3.63, 3.8) is 0 Å². The van der Waals surface area contributed by atoms with E-state index in [1.54, 1.807) is 0 Å².